The lowest BCUT2D eigenvalue weighted by atomic mass is 9.89. The van der Waals surface area contributed by atoms with Crippen molar-refractivity contribution in [1.82, 2.24) is 9.78 Å². The topological polar surface area (TPSA) is 34.9 Å². The van der Waals surface area contributed by atoms with Crippen molar-refractivity contribution in [2.24, 2.45) is 17.8 Å². The summed E-state index contributed by atoms with van der Waals surface area (Å²) < 4.78 is 2.57. The Morgan fingerprint density at radius 1 is 1.44 bits per heavy atom. The van der Waals surface area contributed by atoms with Crippen molar-refractivity contribution < 1.29 is 0 Å². The molecule has 0 amide bonds. The number of rotatable bonds is 2. The van der Waals surface area contributed by atoms with Gasteiger partial charge in [-0.3, -0.25) is 4.79 Å². The highest BCUT2D eigenvalue weighted by Crippen LogP contribution is 2.48. The van der Waals surface area contributed by atoms with E-state index in [0.717, 1.165) is 22.0 Å². The van der Waals surface area contributed by atoms with Gasteiger partial charge in [0.25, 0.3) is 5.56 Å². The summed E-state index contributed by atoms with van der Waals surface area (Å²) >= 11 is 2.13. The fraction of sp³-hybridized carbons (Fsp3) is 0.667. The highest BCUT2D eigenvalue weighted by atomic mass is 127. The summed E-state index contributed by atoms with van der Waals surface area (Å²) in [5, 5.41) is 4.22. The van der Waals surface area contributed by atoms with Gasteiger partial charge in [-0.05, 0) is 59.6 Å². The minimum atomic E-state index is 0.0506. The summed E-state index contributed by atoms with van der Waals surface area (Å²) in [4.78, 5) is 11.7. The molecule has 0 N–H and O–H groups in total. The first kappa shape index (κ1) is 10.7. The van der Waals surface area contributed by atoms with Crippen molar-refractivity contribution in [1.29, 1.82) is 0 Å². The van der Waals surface area contributed by atoms with E-state index in [9.17, 15) is 4.79 Å². The molecule has 0 spiro atoms. The third kappa shape index (κ3) is 1.92. The van der Waals surface area contributed by atoms with Crippen LogP contribution in [-0.4, -0.2) is 9.78 Å². The van der Waals surface area contributed by atoms with Gasteiger partial charge in [0.05, 0.1) is 6.20 Å². The average molecular weight is 330 g/mol. The predicted molar refractivity (Wildman–Crippen MR) is 70.2 cm³/mol. The second-order valence-corrected chi connectivity index (χ2v) is 6.37. The third-order valence-corrected chi connectivity index (χ3v) is 4.72. The zero-order valence-corrected chi connectivity index (χ0v) is 11.3. The number of hydrogen-bond acceptors (Lipinski definition) is 2. The molecule has 0 saturated heterocycles. The second kappa shape index (κ2) is 4.13. The Morgan fingerprint density at radius 2 is 2.31 bits per heavy atom. The Labute approximate surface area is 108 Å². The van der Waals surface area contributed by atoms with Crippen molar-refractivity contribution in [2.75, 3.05) is 0 Å². The lowest BCUT2D eigenvalue weighted by Crippen LogP contribution is -2.28. The Morgan fingerprint density at radius 3 is 2.94 bits per heavy atom. The van der Waals surface area contributed by atoms with Crippen molar-refractivity contribution >= 4 is 22.6 Å². The quantitative estimate of drug-likeness (QED) is 0.780. The molecule has 0 aromatic carbocycles. The van der Waals surface area contributed by atoms with Crippen LogP contribution in [0.3, 0.4) is 0 Å². The van der Waals surface area contributed by atoms with Crippen molar-refractivity contribution in [3.05, 3.63) is 26.2 Å². The molecule has 16 heavy (non-hydrogen) atoms. The summed E-state index contributed by atoms with van der Waals surface area (Å²) in [6.45, 7) is 0.830. The fourth-order valence-electron chi connectivity index (χ4n) is 3.37. The van der Waals surface area contributed by atoms with Crippen LogP contribution in [0.2, 0.25) is 0 Å². The molecule has 1 aromatic heterocycles. The van der Waals surface area contributed by atoms with Crippen LogP contribution in [0, 0.1) is 21.3 Å². The van der Waals surface area contributed by atoms with Gasteiger partial charge in [-0.15, -0.1) is 0 Å². The van der Waals surface area contributed by atoms with Gasteiger partial charge in [-0.2, -0.15) is 5.10 Å². The van der Waals surface area contributed by atoms with Gasteiger partial charge in [-0.25, -0.2) is 4.68 Å². The third-order valence-electron chi connectivity index (χ3n) is 4.13. The van der Waals surface area contributed by atoms with Crippen molar-refractivity contribution in [2.45, 2.75) is 32.2 Å². The molecule has 2 fully saturated rings. The lowest BCUT2D eigenvalue weighted by molar-refractivity contribution is 0.280. The molecular weight excluding hydrogens is 315 g/mol. The minimum Gasteiger partial charge on any atom is -0.268 e. The molecule has 0 aliphatic heterocycles. The molecule has 2 aliphatic rings. The van der Waals surface area contributed by atoms with E-state index in [1.807, 2.05) is 0 Å². The number of aromatic nitrogens is 2. The first-order chi connectivity index (χ1) is 7.72. The highest BCUT2D eigenvalue weighted by molar-refractivity contribution is 14.1. The summed E-state index contributed by atoms with van der Waals surface area (Å²) in [5.74, 6) is 2.50. The van der Waals surface area contributed by atoms with Crippen LogP contribution in [0.4, 0.5) is 0 Å². The molecule has 3 atom stereocenters. The number of hydrogen-bond donors (Lipinski definition) is 0. The smallest absolute Gasteiger partial charge is 0.267 e. The van der Waals surface area contributed by atoms with E-state index in [1.54, 1.807) is 16.9 Å². The average Bonchev–Trinajstić information content (AvgIpc) is 2.84. The summed E-state index contributed by atoms with van der Waals surface area (Å²) in [6, 6.07) is 1.67. The maximum absolute atomic E-state index is 11.7. The van der Waals surface area contributed by atoms with E-state index in [2.05, 4.69) is 27.7 Å². The SMILES string of the molecule is O=c1cc(I)cnn1CC1CC2CCC1C2. The maximum Gasteiger partial charge on any atom is 0.267 e. The van der Waals surface area contributed by atoms with Crippen LogP contribution in [-0.2, 0) is 6.54 Å². The van der Waals surface area contributed by atoms with Gasteiger partial charge in [-0.1, -0.05) is 6.42 Å². The molecule has 86 valence electrons. The van der Waals surface area contributed by atoms with Gasteiger partial charge < -0.3 is 0 Å². The molecule has 0 radical (unpaired) electrons. The van der Waals surface area contributed by atoms with Crippen LogP contribution >= 0.6 is 22.6 Å². The van der Waals surface area contributed by atoms with E-state index in [-0.39, 0.29) is 5.56 Å². The fourth-order valence-corrected chi connectivity index (χ4v) is 3.76. The standard InChI is InChI=1S/C12H15IN2O/c13-11-5-12(16)15(14-6-11)7-10-4-8-1-2-9(10)3-8/h5-6,8-10H,1-4,7H2. The van der Waals surface area contributed by atoms with Gasteiger partial charge in [0.15, 0.2) is 0 Å². The molecule has 3 unspecified atom stereocenters. The summed E-state index contributed by atoms with van der Waals surface area (Å²) in [5.41, 5.74) is 0.0506. The zero-order chi connectivity index (χ0) is 11.1. The number of halogens is 1. The van der Waals surface area contributed by atoms with Crippen LogP contribution < -0.4 is 5.56 Å². The monoisotopic (exact) mass is 330 g/mol. The van der Waals surface area contributed by atoms with Crippen LogP contribution in [0.5, 0.6) is 0 Å². The van der Waals surface area contributed by atoms with E-state index in [4.69, 9.17) is 0 Å². The number of fused-ring (bicyclic) bond motifs is 2. The van der Waals surface area contributed by atoms with Crippen LogP contribution in [0.15, 0.2) is 17.1 Å². The summed E-state index contributed by atoms with van der Waals surface area (Å²) in [7, 11) is 0. The molecule has 3 nitrogen and oxygen atoms in total. The van der Waals surface area contributed by atoms with Crippen LogP contribution in [0.1, 0.15) is 25.7 Å². The molecule has 2 aliphatic carbocycles. The Hall–Kier alpha value is -0.390. The van der Waals surface area contributed by atoms with E-state index in [0.29, 0.717) is 5.92 Å². The first-order valence-corrected chi connectivity index (χ1v) is 7.03. The van der Waals surface area contributed by atoms with E-state index in [1.165, 1.54) is 25.7 Å². The normalized spacial score (nSPS) is 32.2. The molecule has 2 bridgehead atoms. The van der Waals surface area contributed by atoms with E-state index < -0.39 is 0 Å². The van der Waals surface area contributed by atoms with Gasteiger partial charge >= 0.3 is 0 Å². The minimum absolute atomic E-state index is 0.0506. The van der Waals surface area contributed by atoms with Crippen molar-refractivity contribution in [3.63, 3.8) is 0 Å². The van der Waals surface area contributed by atoms with E-state index >= 15 is 0 Å². The molecule has 1 aromatic rings. The van der Waals surface area contributed by atoms with Crippen LogP contribution in [0.25, 0.3) is 0 Å². The van der Waals surface area contributed by atoms with Gasteiger partial charge in [0.2, 0.25) is 0 Å². The molecular formula is C12H15IN2O. The van der Waals surface area contributed by atoms with Gasteiger partial charge in [0.1, 0.15) is 0 Å². The maximum atomic E-state index is 11.7. The predicted octanol–water partition coefficient (Wildman–Crippen LogP) is 2.28. The zero-order valence-electron chi connectivity index (χ0n) is 9.10. The first-order valence-electron chi connectivity index (χ1n) is 5.95. The lowest BCUT2D eigenvalue weighted by Gasteiger charge is -2.21. The largest absolute Gasteiger partial charge is 0.268 e. The summed E-state index contributed by atoms with van der Waals surface area (Å²) in [6.07, 6.45) is 7.26. The Kier molecular flexibility index (Phi) is 2.77. The van der Waals surface area contributed by atoms with Gasteiger partial charge in [0, 0.05) is 16.2 Å². The molecule has 2 saturated carbocycles. The highest BCUT2D eigenvalue weighted by Gasteiger charge is 2.39. The molecule has 1 heterocycles. The Bertz CT molecular complexity index is 457. The molecule has 4 heteroatoms. The Balaban J connectivity index is 1.77. The second-order valence-electron chi connectivity index (χ2n) is 5.13. The number of nitrogens with zero attached hydrogens (tertiary/aromatic N) is 2. The van der Waals surface area contributed by atoms with Crippen molar-refractivity contribution in [3.8, 4) is 0 Å². The molecule has 3 rings (SSSR count).